The van der Waals surface area contributed by atoms with Crippen molar-refractivity contribution in [3.63, 3.8) is 0 Å². The van der Waals surface area contributed by atoms with Gasteiger partial charge in [0.2, 0.25) is 5.91 Å². The minimum absolute atomic E-state index is 0.00151. The van der Waals surface area contributed by atoms with Crippen molar-refractivity contribution in [1.82, 2.24) is 4.98 Å². The van der Waals surface area contributed by atoms with E-state index in [1.165, 1.54) is 6.07 Å². The number of alkyl halides is 2. The number of nitrogens with zero attached hydrogens (tertiary/aromatic N) is 1. The molecule has 0 aliphatic rings. The van der Waals surface area contributed by atoms with Crippen LogP contribution in [0.2, 0.25) is 0 Å². The predicted molar refractivity (Wildman–Crippen MR) is 114 cm³/mol. The Labute approximate surface area is 181 Å². The molecule has 31 heavy (non-hydrogen) atoms. The monoisotopic (exact) mass is 446 g/mol. The molecule has 3 rings (SSSR count). The van der Waals surface area contributed by atoms with E-state index in [1.54, 1.807) is 47.8 Å². The van der Waals surface area contributed by atoms with Crippen LogP contribution < -0.4 is 14.8 Å². The maximum atomic E-state index is 12.6. The van der Waals surface area contributed by atoms with Crippen LogP contribution in [0.3, 0.4) is 0 Å². The largest absolute Gasteiger partial charge is 0.494 e. The summed E-state index contributed by atoms with van der Waals surface area (Å²) in [6.07, 6.45) is 0.0369. The summed E-state index contributed by atoms with van der Waals surface area (Å²) in [7, 11) is 0. The molecule has 1 aromatic heterocycles. The Hall–Kier alpha value is -3.33. The molecule has 0 bridgehead atoms. The zero-order valence-electron chi connectivity index (χ0n) is 16.6. The van der Waals surface area contributed by atoms with Gasteiger partial charge in [-0.25, -0.2) is 4.98 Å². The van der Waals surface area contributed by atoms with Crippen LogP contribution in [-0.4, -0.2) is 29.9 Å². The number of Topliss-reactive ketones (excluding diaryl/α,β-unsaturated/α-hetero) is 1. The number of thiazole rings is 1. The molecule has 1 amide bonds. The summed E-state index contributed by atoms with van der Waals surface area (Å²) in [5, 5.41) is 4.57. The third kappa shape index (κ3) is 6.32. The summed E-state index contributed by atoms with van der Waals surface area (Å²) in [6, 6.07) is 13.0. The van der Waals surface area contributed by atoms with Gasteiger partial charge >= 0.3 is 6.61 Å². The van der Waals surface area contributed by atoms with E-state index >= 15 is 0 Å². The number of amides is 1. The number of ketones is 1. The van der Waals surface area contributed by atoms with Gasteiger partial charge in [-0.3, -0.25) is 9.59 Å². The van der Waals surface area contributed by atoms with Crippen LogP contribution in [-0.2, 0) is 4.79 Å². The van der Waals surface area contributed by atoms with Gasteiger partial charge < -0.3 is 14.8 Å². The zero-order chi connectivity index (χ0) is 22.2. The lowest BCUT2D eigenvalue weighted by Gasteiger charge is -2.08. The van der Waals surface area contributed by atoms with Gasteiger partial charge in [0.1, 0.15) is 11.5 Å². The van der Waals surface area contributed by atoms with E-state index in [0.717, 1.165) is 11.3 Å². The van der Waals surface area contributed by atoms with Gasteiger partial charge in [-0.05, 0) is 43.3 Å². The van der Waals surface area contributed by atoms with Gasteiger partial charge in [-0.2, -0.15) is 8.78 Å². The van der Waals surface area contributed by atoms with E-state index in [1.807, 2.05) is 6.92 Å². The van der Waals surface area contributed by atoms with E-state index in [-0.39, 0.29) is 30.3 Å². The lowest BCUT2D eigenvalue weighted by atomic mass is 10.1. The van der Waals surface area contributed by atoms with Crippen molar-refractivity contribution in [1.29, 1.82) is 0 Å². The highest BCUT2D eigenvalue weighted by Crippen LogP contribution is 2.33. The molecule has 0 atom stereocenters. The van der Waals surface area contributed by atoms with Crippen LogP contribution in [0.25, 0.3) is 11.3 Å². The second-order valence-corrected chi connectivity index (χ2v) is 7.20. The third-order valence-corrected chi connectivity index (χ3v) is 4.95. The van der Waals surface area contributed by atoms with Crippen molar-refractivity contribution in [3.05, 3.63) is 59.5 Å². The second kappa shape index (κ2) is 10.6. The Morgan fingerprint density at radius 1 is 1.10 bits per heavy atom. The fraction of sp³-hybridized carbons (Fsp3) is 0.227. The van der Waals surface area contributed by atoms with Gasteiger partial charge in [0.15, 0.2) is 10.9 Å². The molecule has 0 fully saturated rings. The first-order valence-corrected chi connectivity index (χ1v) is 10.4. The molecule has 0 saturated carbocycles. The van der Waals surface area contributed by atoms with Crippen molar-refractivity contribution >= 4 is 28.2 Å². The van der Waals surface area contributed by atoms with Crippen LogP contribution in [0.1, 0.15) is 30.1 Å². The molecule has 1 N–H and O–H groups in total. The van der Waals surface area contributed by atoms with E-state index in [0.29, 0.717) is 34.3 Å². The summed E-state index contributed by atoms with van der Waals surface area (Å²) >= 11 is 1.15. The average Bonchev–Trinajstić information content (AvgIpc) is 3.21. The number of carbonyl (C=O) groups excluding carboxylic acids is 2. The van der Waals surface area contributed by atoms with Gasteiger partial charge in [-0.15, -0.1) is 11.3 Å². The molecule has 0 unspecified atom stereocenters. The molecule has 0 aliphatic heterocycles. The molecule has 0 saturated heterocycles. The van der Waals surface area contributed by atoms with Gasteiger partial charge in [-0.1, -0.05) is 12.1 Å². The minimum atomic E-state index is -2.95. The highest BCUT2D eigenvalue weighted by molar-refractivity contribution is 7.14. The highest BCUT2D eigenvalue weighted by atomic mass is 32.1. The number of benzene rings is 2. The second-order valence-electron chi connectivity index (χ2n) is 6.34. The number of aromatic nitrogens is 1. The Morgan fingerprint density at radius 2 is 1.84 bits per heavy atom. The molecule has 1 heterocycles. The van der Waals surface area contributed by atoms with E-state index < -0.39 is 6.61 Å². The number of carbonyl (C=O) groups is 2. The summed E-state index contributed by atoms with van der Waals surface area (Å²) < 4.78 is 35.0. The van der Waals surface area contributed by atoms with Gasteiger partial charge in [0.05, 0.1) is 12.3 Å². The molecule has 9 heteroatoms. The van der Waals surface area contributed by atoms with Gasteiger partial charge in [0, 0.05) is 29.3 Å². The van der Waals surface area contributed by atoms with Crippen molar-refractivity contribution in [2.24, 2.45) is 0 Å². The predicted octanol–water partition coefficient (Wildman–Crippen LogP) is 5.41. The maximum absolute atomic E-state index is 12.6. The quantitative estimate of drug-likeness (QED) is 0.421. The molecule has 6 nitrogen and oxygen atoms in total. The zero-order valence-corrected chi connectivity index (χ0v) is 17.5. The van der Waals surface area contributed by atoms with Crippen molar-refractivity contribution in [2.75, 3.05) is 11.9 Å². The van der Waals surface area contributed by atoms with Crippen LogP contribution in [0.15, 0.2) is 53.9 Å². The fourth-order valence-electron chi connectivity index (χ4n) is 2.79. The molecular formula is C22H20F2N2O4S. The number of nitrogens with one attached hydrogen (secondary N) is 1. The number of hydrogen-bond donors (Lipinski definition) is 1. The SMILES string of the molecule is CCOc1ccc(C(=O)CCC(=O)Nc2nc(-c3ccccc3OC(F)F)cs2)cc1. The number of ether oxygens (including phenoxy) is 2. The fourth-order valence-corrected chi connectivity index (χ4v) is 3.52. The maximum Gasteiger partial charge on any atom is 0.387 e. The number of para-hydroxylation sites is 1. The standard InChI is InChI=1S/C22H20F2N2O4S/c1-2-29-15-9-7-14(8-10-15)18(27)11-12-20(28)26-22-25-17(13-31-22)16-5-3-4-6-19(16)30-21(23)24/h3-10,13,21H,2,11-12H2,1H3,(H,25,26,28). The first-order chi connectivity index (χ1) is 15.0. The highest BCUT2D eigenvalue weighted by Gasteiger charge is 2.15. The Morgan fingerprint density at radius 3 is 2.55 bits per heavy atom. The first-order valence-electron chi connectivity index (χ1n) is 9.52. The normalized spacial score (nSPS) is 10.7. The molecule has 2 aromatic carbocycles. The smallest absolute Gasteiger partial charge is 0.387 e. The summed E-state index contributed by atoms with van der Waals surface area (Å²) in [5.74, 6) is 0.159. The average molecular weight is 446 g/mol. The Kier molecular flexibility index (Phi) is 7.66. The van der Waals surface area contributed by atoms with E-state index in [4.69, 9.17) is 4.74 Å². The van der Waals surface area contributed by atoms with Gasteiger partial charge in [0.25, 0.3) is 0 Å². The van der Waals surface area contributed by atoms with E-state index in [9.17, 15) is 18.4 Å². The minimum Gasteiger partial charge on any atom is -0.494 e. The summed E-state index contributed by atoms with van der Waals surface area (Å²) in [4.78, 5) is 28.7. The summed E-state index contributed by atoms with van der Waals surface area (Å²) in [6.45, 7) is -0.539. The molecule has 162 valence electrons. The molecule has 0 aliphatic carbocycles. The number of hydrogen-bond acceptors (Lipinski definition) is 6. The van der Waals surface area contributed by atoms with Crippen LogP contribution in [0, 0.1) is 0 Å². The number of rotatable bonds is 10. The molecular weight excluding hydrogens is 426 g/mol. The summed E-state index contributed by atoms with van der Waals surface area (Å²) in [5.41, 5.74) is 1.30. The lowest BCUT2D eigenvalue weighted by Crippen LogP contribution is -2.13. The van der Waals surface area contributed by atoms with Crippen molar-refractivity contribution in [2.45, 2.75) is 26.4 Å². The third-order valence-electron chi connectivity index (χ3n) is 4.20. The lowest BCUT2D eigenvalue weighted by molar-refractivity contribution is -0.116. The Bertz CT molecular complexity index is 1040. The van der Waals surface area contributed by atoms with Crippen LogP contribution in [0.4, 0.5) is 13.9 Å². The molecule has 3 aromatic rings. The van der Waals surface area contributed by atoms with Crippen LogP contribution in [0.5, 0.6) is 11.5 Å². The molecule has 0 radical (unpaired) electrons. The number of halogens is 2. The topological polar surface area (TPSA) is 77.5 Å². The van der Waals surface area contributed by atoms with Crippen molar-refractivity contribution in [3.8, 4) is 22.8 Å². The van der Waals surface area contributed by atoms with Crippen LogP contribution >= 0.6 is 11.3 Å². The molecule has 0 spiro atoms. The van der Waals surface area contributed by atoms with E-state index in [2.05, 4.69) is 15.0 Å². The Balaban J connectivity index is 1.56. The first kappa shape index (κ1) is 22.4. The van der Waals surface area contributed by atoms with Crippen molar-refractivity contribution < 1.29 is 27.8 Å². The number of anilines is 1.